The summed E-state index contributed by atoms with van der Waals surface area (Å²) >= 11 is 8.97. The number of hydrogen-bond acceptors (Lipinski definition) is 6. The number of carbonyl (C=O) groups is 2. The van der Waals surface area contributed by atoms with E-state index in [1.165, 1.54) is 11.8 Å². The highest BCUT2D eigenvalue weighted by Gasteiger charge is 2.14. The van der Waals surface area contributed by atoms with Crippen LogP contribution in [0.25, 0.3) is 10.7 Å². The number of thioether (sulfide) groups is 1. The number of nitrogens with one attached hydrogen (secondary N) is 2. The molecule has 2 N–H and O–H groups in total. The van der Waals surface area contributed by atoms with Gasteiger partial charge < -0.3 is 15.2 Å². The Labute approximate surface area is 197 Å². The lowest BCUT2D eigenvalue weighted by Gasteiger charge is -2.09. The second-order valence-electron chi connectivity index (χ2n) is 6.69. The average Bonchev–Trinajstić information content (AvgIpc) is 3.42. The lowest BCUT2D eigenvalue weighted by molar-refractivity contribution is -0.113. The van der Waals surface area contributed by atoms with Crippen molar-refractivity contribution in [2.45, 2.75) is 5.16 Å². The molecule has 0 spiro atoms. The third kappa shape index (κ3) is 5.18. The first-order valence-electron chi connectivity index (χ1n) is 9.53. The molecule has 0 unspecified atom stereocenters. The van der Waals surface area contributed by atoms with Crippen molar-refractivity contribution in [1.29, 1.82) is 0 Å². The van der Waals surface area contributed by atoms with Crippen LogP contribution < -0.4 is 10.6 Å². The molecule has 2 aromatic carbocycles. The number of benzene rings is 2. The minimum absolute atomic E-state index is 0.173. The summed E-state index contributed by atoms with van der Waals surface area (Å²) in [5, 5.41) is 17.0. The first kappa shape index (κ1) is 22.1. The molecule has 0 atom stereocenters. The van der Waals surface area contributed by atoms with Gasteiger partial charge in [0.1, 0.15) is 0 Å². The molecule has 7 nitrogen and oxygen atoms in total. The van der Waals surface area contributed by atoms with Crippen molar-refractivity contribution in [3.8, 4) is 10.7 Å². The topological polar surface area (TPSA) is 88.9 Å². The summed E-state index contributed by atoms with van der Waals surface area (Å²) in [6.07, 6.45) is 0. The van der Waals surface area contributed by atoms with Crippen molar-refractivity contribution in [3.63, 3.8) is 0 Å². The zero-order valence-corrected chi connectivity index (χ0v) is 19.3. The van der Waals surface area contributed by atoms with Crippen LogP contribution in [0.1, 0.15) is 10.4 Å². The molecule has 0 bridgehead atoms. The monoisotopic (exact) mass is 483 g/mol. The summed E-state index contributed by atoms with van der Waals surface area (Å²) < 4.78 is 1.87. The van der Waals surface area contributed by atoms with Gasteiger partial charge in [0.15, 0.2) is 11.0 Å². The summed E-state index contributed by atoms with van der Waals surface area (Å²) in [7, 11) is 1.88. The largest absolute Gasteiger partial charge is 0.325 e. The second-order valence-corrected chi connectivity index (χ2v) is 8.99. The zero-order valence-electron chi connectivity index (χ0n) is 16.9. The third-order valence-electron chi connectivity index (χ3n) is 4.43. The normalized spacial score (nSPS) is 10.7. The first-order valence-corrected chi connectivity index (χ1v) is 11.8. The molecule has 10 heteroatoms. The van der Waals surface area contributed by atoms with E-state index >= 15 is 0 Å². The maximum atomic E-state index is 12.4. The summed E-state index contributed by atoms with van der Waals surface area (Å²) in [6, 6.07) is 17.7. The predicted octanol–water partition coefficient (Wildman–Crippen LogP) is 5.18. The number of aromatic nitrogens is 3. The van der Waals surface area contributed by atoms with E-state index in [1.807, 2.05) is 29.1 Å². The minimum Gasteiger partial charge on any atom is -0.325 e. The Hall–Kier alpha value is -3.14. The van der Waals surface area contributed by atoms with Gasteiger partial charge in [-0.15, -0.1) is 21.5 Å². The van der Waals surface area contributed by atoms with Gasteiger partial charge in [0.2, 0.25) is 5.91 Å². The molecule has 0 fully saturated rings. The van der Waals surface area contributed by atoms with E-state index in [1.54, 1.807) is 59.9 Å². The number of nitrogens with zero attached hydrogens (tertiary/aromatic N) is 3. The summed E-state index contributed by atoms with van der Waals surface area (Å²) in [6.45, 7) is 0. The van der Waals surface area contributed by atoms with Crippen molar-refractivity contribution in [3.05, 3.63) is 76.6 Å². The van der Waals surface area contributed by atoms with E-state index in [0.29, 0.717) is 27.1 Å². The lowest BCUT2D eigenvalue weighted by Crippen LogP contribution is -2.15. The molecule has 2 amide bonds. The molecule has 0 aliphatic carbocycles. The van der Waals surface area contributed by atoms with E-state index < -0.39 is 0 Å². The quantitative estimate of drug-likeness (QED) is 0.353. The highest BCUT2D eigenvalue weighted by Crippen LogP contribution is 2.26. The molecule has 4 aromatic rings. The van der Waals surface area contributed by atoms with Crippen molar-refractivity contribution in [1.82, 2.24) is 14.8 Å². The van der Waals surface area contributed by atoms with Crippen LogP contribution in [0.4, 0.5) is 11.4 Å². The second kappa shape index (κ2) is 9.99. The first-order chi connectivity index (χ1) is 15.5. The Morgan fingerprint density at radius 1 is 1.03 bits per heavy atom. The van der Waals surface area contributed by atoms with Gasteiger partial charge in [-0.1, -0.05) is 47.6 Å². The molecule has 162 valence electrons. The van der Waals surface area contributed by atoms with Gasteiger partial charge in [-0.05, 0) is 41.8 Å². The number of thiophene rings is 1. The molecule has 2 aromatic heterocycles. The maximum Gasteiger partial charge on any atom is 0.257 e. The van der Waals surface area contributed by atoms with Crippen LogP contribution in [0.2, 0.25) is 5.02 Å². The Bertz CT molecular complexity index is 1260. The van der Waals surface area contributed by atoms with E-state index in [0.717, 1.165) is 10.7 Å². The van der Waals surface area contributed by atoms with Gasteiger partial charge >= 0.3 is 0 Å². The standard InChI is InChI=1S/C22H18ClN5O2S2/c1-28-20(18-10-5-11-31-18)26-27-22(28)32-13-19(29)24-14-6-4-7-15(12-14)25-21(30)16-8-2-3-9-17(16)23/h2-12H,13H2,1H3,(H,24,29)(H,25,30). The summed E-state index contributed by atoms with van der Waals surface area (Å²) in [4.78, 5) is 25.9. The Balaban J connectivity index is 1.35. The third-order valence-corrected chi connectivity index (χ3v) is 6.65. The fourth-order valence-corrected chi connectivity index (χ4v) is 4.58. The number of amides is 2. The van der Waals surface area contributed by atoms with Crippen molar-refractivity contribution in [2.24, 2.45) is 7.05 Å². The number of rotatable bonds is 7. The van der Waals surface area contributed by atoms with Crippen LogP contribution in [0.5, 0.6) is 0 Å². The number of halogens is 1. The lowest BCUT2D eigenvalue weighted by atomic mass is 10.2. The maximum absolute atomic E-state index is 12.4. The van der Waals surface area contributed by atoms with Crippen LogP contribution in [-0.4, -0.2) is 32.3 Å². The molecule has 2 heterocycles. The molecule has 0 radical (unpaired) electrons. The van der Waals surface area contributed by atoms with Gasteiger partial charge in [0.05, 0.1) is 21.2 Å². The minimum atomic E-state index is -0.321. The SMILES string of the molecule is Cn1c(SCC(=O)Nc2cccc(NC(=O)c3ccccc3Cl)c2)nnc1-c1cccs1. The van der Waals surface area contributed by atoms with Crippen LogP contribution >= 0.6 is 34.7 Å². The van der Waals surface area contributed by atoms with Crippen LogP contribution in [0, 0.1) is 0 Å². The van der Waals surface area contributed by atoms with Crippen molar-refractivity contribution >= 4 is 57.9 Å². The molecule has 0 saturated heterocycles. The molecule has 0 saturated carbocycles. The van der Waals surface area contributed by atoms with E-state index in [4.69, 9.17) is 11.6 Å². The van der Waals surface area contributed by atoms with E-state index in [-0.39, 0.29) is 17.6 Å². The zero-order chi connectivity index (χ0) is 22.5. The van der Waals surface area contributed by atoms with Crippen LogP contribution in [-0.2, 0) is 11.8 Å². The molecule has 4 rings (SSSR count). The average molecular weight is 484 g/mol. The number of hydrogen-bond donors (Lipinski definition) is 2. The molecule has 0 aliphatic heterocycles. The number of anilines is 2. The van der Waals surface area contributed by atoms with E-state index in [2.05, 4.69) is 20.8 Å². The van der Waals surface area contributed by atoms with Gasteiger partial charge in [0.25, 0.3) is 5.91 Å². The fraction of sp³-hybridized carbons (Fsp3) is 0.0909. The van der Waals surface area contributed by atoms with Gasteiger partial charge in [-0.2, -0.15) is 0 Å². The van der Waals surface area contributed by atoms with Crippen molar-refractivity contribution < 1.29 is 9.59 Å². The van der Waals surface area contributed by atoms with Gasteiger partial charge in [-0.3, -0.25) is 9.59 Å². The fourth-order valence-electron chi connectivity index (χ4n) is 2.91. The number of carbonyl (C=O) groups excluding carboxylic acids is 2. The molecule has 32 heavy (non-hydrogen) atoms. The Kier molecular flexibility index (Phi) is 6.89. The van der Waals surface area contributed by atoms with Crippen LogP contribution in [0.15, 0.2) is 71.2 Å². The van der Waals surface area contributed by atoms with Crippen molar-refractivity contribution in [2.75, 3.05) is 16.4 Å². The molecular formula is C22H18ClN5O2S2. The smallest absolute Gasteiger partial charge is 0.257 e. The summed E-state index contributed by atoms with van der Waals surface area (Å²) in [5.41, 5.74) is 1.50. The Morgan fingerprint density at radius 2 is 1.81 bits per heavy atom. The Morgan fingerprint density at radius 3 is 2.56 bits per heavy atom. The highest BCUT2D eigenvalue weighted by molar-refractivity contribution is 7.99. The van der Waals surface area contributed by atoms with Crippen LogP contribution in [0.3, 0.4) is 0 Å². The molecular weight excluding hydrogens is 466 g/mol. The molecule has 0 aliphatic rings. The van der Waals surface area contributed by atoms with E-state index in [9.17, 15) is 9.59 Å². The highest BCUT2D eigenvalue weighted by atomic mass is 35.5. The predicted molar refractivity (Wildman–Crippen MR) is 130 cm³/mol. The summed E-state index contributed by atoms with van der Waals surface area (Å²) in [5.74, 6) is 0.431. The van der Waals surface area contributed by atoms with Gasteiger partial charge in [-0.25, -0.2) is 0 Å². The van der Waals surface area contributed by atoms with Gasteiger partial charge in [0, 0.05) is 18.4 Å².